The first-order valence-corrected chi connectivity index (χ1v) is 26.8. The maximum atomic E-state index is 5.33. The zero-order valence-corrected chi connectivity index (χ0v) is 43.1. The van der Waals surface area contributed by atoms with E-state index >= 15 is 0 Å². The quantitative estimate of drug-likeness (QED) is 0.136. The van der Waals surface area contributed by atoms with E-state index < -0.39 is 0 Å². The molecule has 0 saturated heterocycles. The van der Waals surface area contributed by atoms with Crippen LogP contribution in [0.2, 0.25) is 0 Å². The lowest BCUT2D eigenvalue weighted by Gasteiger charge is -2.17. The van der Waals surface area contributed by atoms with Crippen molar-refractivity contribution in [1.82, 2.24) is 39.0 Å². The summed E-state index contributed by atoms with van der Waals surface area (Å²) in [6.07, 6.45) is 0. The second-order valence-electron chi connectivity index (χ2n) is 19.9. The number of rotatable bonds is 10. The summed E-state index contributed by atoms with van der Waals surface area (Å²) in [7, 11) is 0. The first kappa shape index (κ1) is 46.4. The first-order chi connectivity index (χ1) is 39.7. The summed E-state index contributed by atoms with van der Waals surface area (Å²) < 4.78 is 4.70. The molecule has 8 heteroatoms. The summed E-state index contributed by atoms with van der Waals surface area (Å²) >= 11 is 0. The van der Waals surface area contributed by atoms with Crippen molar-refractivity contribution in [3.8, 4) is 102 Å². The Morgan fingerprint density at radius 2 is 0.438 bits per heavy atom. The lowest BCUT2D eigenvalue weighted by molar-refractivity contribution is 1.06. The van der Waals surface area contributed by atoms with Gasteiger partial charge in [-0.25, -0.2) is 29.9 Å². The van der Waals surface area contributed by atoms with Gasteiger partial charge in [-0.3, -0.25) is 0 Å². The van der Waals surface area contributed by atoms with Crippen molar-refractivity contribution in [2.45, 2.75) is 0 Å². The van der Waals surface area contributed by atoms with Crippen LogP contribution >= 0.6 is 0 Å². The smallest absolute Gasteiger partial charge is 0.166 e. The molecule has 0 N–H and O–H groups in total. The Bertz CT molecular complexity index is 4290. The van der Waals surface area contributed by atoms with Crippen molar-refractivity contribution in [3.05, 3.63) is 279 Å². The van der Waals surface area contributed by atoms with Crippen molar-refractivity contribution in [2.24, 2.45) is 0 Å². The molecule has 8 nitrogen and oxygen atoms in total. The lowest BCUT2D eigenvalue weighted by Crippen LogP contribution is -2.04. The van der Waals surface area contributed by atoms with Gasteiger partial charge < -0.3 is 9.13 Å². The van der Waals surface area contributed by atoms with Gasteiger partial charge in [-0.15, -0.1) is 0 Å². The molecule has 0 amide bonds. The van der Waals surface area contributed by atoms with Crippen LogP contribution in [0.25, 0.3) is 146 Å². The summed E-state index contributed by atoms with van der Waals surface area (Å²) in [6, 6.07) is 97.2. The summed E-state index contributed by atoms with van der Waals surface area (Å²) in [5.74, 6) is 3.53. The molecular formula is C72H46N8. The highest BCUT2D eigenvalue weighted by atomic mass is 15.1. The second-order valence-corrected chi connectivity index (χ2v) is 19.9. The van der Waals surface area contributed by atoms with Crippen molar-refractivity contribution < 1.29 is 0 Å². The van der Waals surface area contributed by atoms with Gasteiger partial charge in [0.1, 0.15) is 0 Å². The first-order valence-electron chi connectivity index (χ1n) is 26.8. The van der Waals surface area contributed by atoms with Crippen LogP contribution in [-0.4, -0.2) is 39.0 Å². The second kappa shape index (κ2) is 19.6. The number of fused-ring (bicyclic) bond motifs is 6. The minimum absolute atomic E-state index is 0.569. The van der Waals surface area contributed by atoms with E-state index in [1.54, 1.807) is 0 Å². The van der Waals surface area contributed by atoms with Gasteiger partial charge in [0.15, 0.2) is 34.9 Å². The van der Waals surface area contributed by atoms with Crippen LogP contribution in [0.1, 0.15) is 0 Å². The van der Waals surface area contributed by atoms with Gasteiger partial charge in [0.2, 0.25) is 0 Å². The Balaban J connectivity index is 0.940. The maximum absolute atomic E-state index is 5.33. The fourth-order valence-corrected chi connectivity index (χ4v) is 11.3. The van der Waals surface area contributed by atoms with Gasteiger partial charge in [0.25, 0.3) is 0 Å². The predicted molar refractivity (Wildman–Crippen MR) is 325 cm³/mol. The average molecular weight is 1020 g/mol. The van der Waals surface area contributed by atoms with E-state index in [1.807, 2.05) is 72.8 Å². The maximum Gasteiger partial charge on any atom is 0.166 e. The predicted octanol–water partition coefficient (Wildman–Crippen LogP) is 17.6. The van der Waals surface area contributed by atoms with Crippen LogP contribution in [0.3, 0.4) is 0 Å². The zero-order valence-electron chi connectivity index (χ0n) is 43.1. The molecule has 4 heterocycles. The van der Waals surface area contributed by atoms with E-state index in [1.165, 1.54) is 21.5 Å². The molecule has 374 valence electrons. The fourth-order valence-electron chi connectivity index (χ4n) is 11.3. The topological polar surface area (TPSA) is 87.2 Å². The molecule has 0 saturated carbocycles. The molecule has 0 bridgehead atoms. The van der Waals surface area contributed by atoms with Gasteiger partial charge >= 0.3 is 0 Å². The van der Waals surface area contributed by atoms with Crippen LogP contribution in [-0.2, 0) is 0 Å². The summed E-state index contributed by atoms with van der Waals surface area (Å²) in [6.45, 7) is 0. The standard InChI is InChI=1S/C72H46N8/c1-5-22-47(23-6-1)67-73-68(48-24-7-2-8-25-48)76-71(75-67)59-45-53(40-42-65(59)79-61-36-17-13-32-55(61)56-33-14-18-37-62(56)79)51-30-21-31-52(44-51)54-41-43-66(80-63-38-19-15-34-57(63)58-35-16-20-39-64(58)80)60(46-54)72-77-69(49-26-9-3-10-27-49)74-70(78-72)50-28-11-4-12-29-50/h1-46H. The summed E-state index contributed by atoms with van der Waals surface area (Å²) in [4.78, 5) is 31.5. The third-order valence-corrected chi connectivity index (χ3v) is 15.0. The molecule has 80 heavy (non-hydrogen) atoms. The Labute approximate surface area is 461 Å². The van der Waals surface area contributed by atoms with E-state index in [4.69, 9.17) is 29.9 Å². The Hall–Kier alpha value is -11.0. The Morgan fingerprint density at radius 3 is 0.750 bits per heavy atom. The van der Waals surface area contributed by atoms with Crippen molar-refractivity contribution >= 4 is 43.6 Å². The van der Waals surface area contributed by atoms with Crippen LogP contribution in [0.4, 0.5) is 0 Å². The Morgan fingerprint density at radius 1 is 0.188 bits per heavy atom. The van der Waals surface area contributed by atoms with E-state index in [-0.39, 0.29) is 0 Å². The number of benzene rings is 11. The zero-order chi connectivity index (χ0) is 52.9. The highest BCUT2D eigenvalue weighted by Crippen LogP contribution is 2.42. The van der Waals surface area contributed by atoms with Gasteiger partial charge in [-0.05, 0) is 76.9 Å². The largest absolute Gasteiger partial charge is 0.309 e. The minimum Gasteiger partial charge on any atom is -0.309 e. The molecule has 0 aliphatic rings. The third-order valence-electron chi connectivity index (χ3n) is 15.0. The number of hydrogen-bond donors (Lipinski definition) is 0. The van der Waals surface area contributed by atoms with E-state index in [2.05, 4.69) is 215 Å². The third kappa shape index (κ3) is 8.18. The van der Waals surface area contributed by atoms with Gasteiger partial charge in [0, 0.05) is 54.9 Å². The summed E-state index contributed by atoms with van der Waals surface area (Å²) in [5.41, 5.74) is 15.7. The Kier molecular flexibility index (Phi) is 11.3. The molecule has 0 spiro atoms. The van der Waals surface area contributed by atoms with Crippen LogP contribution in [0.15, 0.2) is 279 Å². The molecule has 0 unspecified atom stereocenters. The average Bonchev–Trinajstić information content (AvgIpc) is 4.29. The number of para-hydroxylation sites is 4. The van der Waals surface area contributed by atoms with Gasteiger partial charge in [-0.2, -0.15) is 0 Å². The van der Waals surface area contributed by atoms with E-state index in [9.17, 15) is 0 Å². The van der Waals surface area contributed by atoms with Crippen LogP contribution in [0.5, 0.6) is 0 Å². The SMILES string of the molecule is c1ccc(-c2nc(-c3ccccc3)nc(-c3cc(-c4cccc(-c5ccc(-n6c7ccccc7c7ccccc76)c(-c6nc(-c7ccccc7)nc(-c7ccccc7)n6)c5)c4)ccc3-n3c4ccccc4c4ccccc43)n2)cc1. The molecule has 0 aliphatic carbocycles. The van der Waals surface area contributed by atoms with Crippen LogP contribution in [0, 0.1) is 0 Å². The highest BCUT2D eigenvalue weighted by Gasteiger charge is 2.23. The molecule has 15 aromatic rings. The molecular weight excluding hydrogens is 977 g/mol. The number of nitrogens with zero attached hydrogens (tertiary/aromatic N) is 8. The van der Waals surface area contributed by atoms with Gasteiger partial charge in [0.05, 0.1) is 33.4 Å². The van der Waals surface area contributed by atoms with Crippen molar-refractivity contribution in [2.75, 3.05) is 0 Å². The minimum atomic E-state index is 0.569. The molecule has 0 atom stereocenters. The van der Waals surface area contributed by atoms with Crippen molar-refractivity contribution in [3.63, 3.8) is 0 Å². The molecule has 11 aromatic carbocycles. The molecule has 15 rings (SSSR count). The molecule has 4 aromatic heterocycles. The van der Waals surface area contributed by atoms with E-state index in [0.29, 0.717) is 34.9 Å². The number of hydrogen-bond acceptors (Lipinski definition) is 6. The monoisotopic (exact) mass is 1020 g/mol. The highest BCUT2D eigenvalue weighted by molar-refractivity contribution is 6.11. The van der Waals surface area contributed by atoms with E-state index in [0.717, 1.165) is 89.1 Å². The van der Waals surface area contributed by atoms with Crippen LogP contribution < -0.4 is 0 Å². The molecule has 0 fully saturated rings. The lowest BCUT2D eigenvalue weighted by atomic mass is 9.95. The molecule has 0 aliphatic heterocycles. The fraction of sp³-hybridized carbons (Fsp3) is 0. The van der Waals surface area contributed by atoms with Crippen molar-refractivity contribution in [1.29, 1.82) is 0 Å². The van der Waals surface area contributed by atoms with Gasteiger partial charge in [-0.1, -0.05) is 224 Å². The normalized spacial score (nSPS) is 11.5. The summed E-state index contributed by atoms with van der Waals surface area (Å²) in [5, 5.41) is 4.68. The number of aromatic nitrogens is 8. The molecule has 0 radical (unpaired) electrons.